The lowest BCUT2D eigenvalue weighted by Crippen LogP contribution is -2.14. The summed E-state index contributed by atoms with van der Waals surface area (Å²) in [5.74, 6) is -0.221. The second-order valence-corrected chi connectivity index (χ2v) is 8.05. The molecule has 3 aromatic rings. The molecule has 0 fully saturated rings. The number of hydrogen-bond acceptors (Lipinski definition) is 6. The predicted octanol–water partition coefficient (Wildman–Crippen LogP) is 4.91. The van der Waals surface area contributed by atoms with Crippen molar-refractivity contribution in [1.29, 1.82) is 0 Å². The SMILES string of the molecule is COc1cc(CSc2nc(CC(=O)Nc3ccc(F)c(F)c3)cs2)cc(OC)c1. The number of thioether (sulfide) groups is 1. The Bertz CT molecular complexity index is 989. The van der Waals surface area contributed by atoms with Crippen molar-refractivity contribution in [3.05, 3.63) is 64.7 Å². The third-order valence-electron chi connectivity index (χ3n) is 3.85. The molecule has 2 aromatic carbocycles. The number of rotatable bonds is 8. The number of nitrogens with one attached hydrogen (secondary N) is 1. The highest BCUT2D eigenvalue weighted by molar-refractivity contribution is 8.00. The van der Waals surface area contributed by atoms with E-state index in [9.17, 15) is 13.6 Å². The number of nitrogens with zero attached hydrogens (tertiary/aromatic N) is 1. The van der Waals surface area contributed by atoms with E-state index in [2.05, 4.69) is 10.3 Å². The fourth-order valence-corrected chi connectivity index (χ4v) is 4.25. The van der Waals surface area contributed by atoms with E-state index in [4.69, 9.17) is 9.47 Å². The Morgan fingerprint density at radius 3 is 2.48 bits per heavy atom. The number of halogens is 2. The van der Waals surface area contributed by atoms with Crippen LogP contribution in [0.25, 0.3) is 0 Å². The number of anilines is 1. The average molecular weight is 437 g/mol. The van der Waals surface area contributed by atoms with E-state index >= 15 is 0 Å². The molecule has 0 saturated carbocycles. The summed E-state index contributed by atoms with van der Waals surface area (Å²) in [6.45, 7) is 0. The minimum Gasteiger partial charge on any atom is -0.497 e. The summed E-state index contributed by atoms with van der Waals surface area (Å²) in [4.78, 5) is 16.6. The summed E-state index contributed by atoms with van der Waals surface area (Å²) in [5.41, 5.74) is 1.84. The molecule has 0 unspecified atom stereocenters. The lowest BCUT2D eigenvalue weighted by molar-refractivity contribution is -0.115. The molecule has 1 amide bonds. The first-order valence-electron chi connectivity index (χ1n) is 8.51. The van der Waals surface area contributed by atoms with Gasteiger partial charge < -0.3 is 14.8 Å². The highest BCUT2D eigenvalue weighted by Crippen LogP contribution is 2.30. The summed E-state index contributed by atoms with van der Waals surface area (Å²) in [6.07, 6.45) is 0.0447. The normalized spacial score (nSPS) is 10.6. The first kappa shape index (κ1) is 21.1. The number of carbonyl (C=O) groups excluding carboxylic acids is 1. The molecule has 9 heteroatoms. The molecule has 29 heavy (non-hydrogen) atoms. The Morgan fingerprint density at radius 1 is 1.10 bits per heavy atom. The van der Waals surface area contributed by atoms with Gasteiger partial charge >= 0.3 is 0 Å². The van der Waals surface area contributed by atoms with Crippen LogP contribution in [0.3, 0.4) is 0 Å². The van der Waals surface area contributed by atoms with Crippen molar-refractivity contribution < 1.29 is 23.0 Å². The maximum absolute atomic E-state index is 13.2. The van der Waals surface area contributed by atoms with Gasteiger partial charge in [-0.2, -0.15) is 0 Å². The summed E-state index contributed by atoms with van der Waals surface area (Å²) < 4.78 is 37.5. The van der Waals surface area contributed by atoms with Gasteiger partial charge in [0.15, 0.2) is 11.6 Å². The van der Waals surface area contributed by atoms with E-state index in [0.29, 0.717) is 22.9 Å². The number of carbonyl (C=O) groups is 1. The highest BCUT2D eigenvalue weighted by atomic mass is 32.2. The number of methoxy groups -OCH3 is 2. The van der Waals surface area contributed by atoms with E-state index in [1.807, 2.05) is 12.1 Å². The molecule has 1 heterocycles. The number of amides is 1. The molecule has 0 aliphatic heterocycles. The van der Waals surface area contributed by atoms with Crippen molar-refractivity contribution in [3.63, 3.8) is 0 Å². The van der Waals surface area contributed by atoms with Crippen molar-refractivity contribution in [1.82, 2.24) is 4.98 Å². The van der Waals surface area contributed by atoms with Gasteiger partial charge in [0.2, 0.25) is 5.91 Å². The predicted molar refractivity (Wildman–Crippen MR) is 110 cm³/mol. The molecule has 0 bridgehead atoms. The number of hydrogen-bond donors (Lipinski definition) is 1. The number of ether oxygens (including phenoxy) is 2. The third kappa shape index (κ3) is 5.91. The van der Waals surface area contributed by atoms with Crippen molar-refractivity contribution >= 4 is 34.7 Å². The molecule has 0 radical (unpaired) electrons. The smallest absolute Gasteiger partial charge is 0.230 e. The van der Waals surface area contributed by atoms with Gasteiger partial charge in [0.25, 0.3) is 0 Å². The molecule has 0 aliphatic carbocycles. The highest BCUT2D eigenvalue weighted by Gasteiger charge is 2.11. The summed E-state index contributed by atoms with van der Waals surface area (Å²) in [5, 5.41) is 4.34. The number of benzene rings is 2. The second-order valence-electron chi connectivity index (χ2n) is 5.97. The molecule has 1 N–H and O–H groups in total. The van der Waals surface area contributed by atoms with Crippen LogP contribution >= 0.6 is 23.1 Å². The van der Waals surface area contributed by atoms with E-state index in [1.165, 1.54) is 17.4 Å². The van der Waals surface area contributed by atoms with Crippen LogP contribution in [0, 0.1) is 11.6 Å². The Kier molecular flexibility index (Phi) is 7.05. The minimum atomic E-state index is -1.01. The summed E-state index contributed by atoms with van der Waals surface area (Å²) in [6, 6.07) is 8.88. The zero-order valence-corrected chi connectivity index (χ0v) is 17.3. The number of thiazole rings is 1. The van der Waals surface area contributed by atoms with Gasteiger partial charge in [-0.1, -0.05) is 11.8 Å². The van der Waals surface area contributed by atoms with E-state index in [0.717, 1.165) is 22.0 Å². The fraction of sp³-hybridized carbons (Fsp3) is 0.200. The molecule has 0 spiro atoms. The number of aromatic nitrogens is 1. The first-order chi connectivity index (χ1) is 14.0. The van der Waals surface area contributed by atoms with E-state index in [-0.39, 0.29) is 18.0 Å². The van der Waals surface area contributed by atoms with Crippen LogP contribution < -0.4 is 14.8 Å². The maximum Gasteiger partial charge on any atom is 0.230 e. The fourth-order valence-electron chi connectivity index (χ4n) is 2.47. The van der Waals surface area contributed by atoms with Gasteiger partial charge in [0.05, 0.1) is 26.3 Å². The summed E-state index contributed by atoms with van der Waals surface area (Å²) >= 11 is 2.98. The van der Waals surface area contributed by atoms with Crippen LogP contribution in [0.4, 0.5) is 14.5 Å². The third-order valence-corrected chi connectivity index (χ3v) is 5.99. The van der Waals surface area contributed by atoms with Crippen LogP contribution in [0.15, 0.2) is 46.1 Å². The Labute approximate surface area is 175 Å². The largest absolute Gasteiger partial charge is 0.497 e. The van der Waals surface area contributed by atoms with E-state index in [1.54, 1.807) is 37.4 Å². The van der Waals surface area contributed by atoms with Gasteiger partial charge in [0, 0.05) is 29.0 Å². The van der Waals surface area contributed by atoms with Crippen LogP contribution in [-0.2, 0) is 17.0 Å². The maximum atomic E-state index is 13.2. The molecule has 5 nitrogen and oxygen atoms in total. The Hall–Kier alpha value is -2.65. The van der Waals surface area contributed by atoms with Crippen LogP contribution in [0.5, 0.6) is 11.5 Å². The second kappa shape index (κ2) is 9.71. The van der Waals surface area contributed by atoms with Gasteiger partial charge in [-0.25, -0.2) is 13.8 Å². The molecular weight excluding hydrogens is 418 g/mol. The molecule has 1 aromatic heterocycles. The minimum absolute atomic E-state index is 0.0447. The van der Waals surface area contributed by atoms with Crippen LogP contribution in [-0.4, -0.2) is 25.1 Å². The van der Waals surface area contributed by atoms with Crippen LogP contribution in [0.1, 0.15) is 11.3 Å². The first-order valence-corrected chi connectivity index (χ1v) is 10.4. The van der Waals surface area contributed by atoms with Crippen molar-refractivity contribution in [2.45, 2.75) is 16.5 Å². The lowest BCUT2D eigenvalue weighted by atomic mass is 10.2. The van der Waals surface area contributed by atoms with Gasteiger partial charge in [0.1, 0.15) is 15.8 Å². The quantitative estimate of drug-likeness (QED) is 0.509. The Balaban J connectivity index is 1.56. The van der Waals surface area contributed by atoms with E-state index < -0.39 is 11.6 Å². The molecule has 0 aliphatic rings. The molecule has 0 atom stereocenters. The molecule has 0 saturated heterocycles. The van der Waals surface area contributed by atoms with Gasteiger partial charge in [-0.3, -0.25) is 4.79 Å². The molecule has 152 valence electrons. The topological polar surface area (TPSA) is 60.5 Å². The Morgan fingerprint density at radius 2 is 1.83 bits per heavy atom. The van der Waals surface area contributed by atoms with Crippen molar-refractivity contribution in [2.75, 3.05) is 19.5 Å². The van der Waals surface area contributed by atoms with Gasteiger partial charge in [-0.15, -0.1) is 11.3 Å². The monoisotopic (exact) mass is 436 g/mol. The lowest BCUT2D eigenvalue weighted by Gasteiger charge is -2.07. The molecule has 3 rings (SSSR count). The van der Waals surface area contributed by atoms with Crippen molar-refractivity contribution in [3.8, 4) is 11.5 Å². The van der Waals surface area contributed by atoms with Crippen LogP contribution in [0.2, 0.25) is 0 Å². The molecular formula is C20H18F2N2O3S2. The summed E-state index contributed by atoms with van der Waals surface area (Å²) in [7, 11) is 3.20. The zero-order valence-electron chi connectivity index (χ0n) is 15.7. The van der Waals surface area contributed by atoms with Crippen molar-refractivity contribution in [2.24, 2.45) is 0 Å². The zero-order chi connectivity index (χ0) is 20.8. The van der Waals surface area contributed by atoms with Gasteiger partial charge in [-0.05, 0) is 29.8 Å². The average Bonchev–Trinajstić information content (AvgIpc) is 3.16. The standard InChI is InChI=1S/C20H18F2N2O3S2/c1-26-15-5-12(6-16(9-15)27-2)10-28-20-24-14(11-29-20)8-19(25)23-13-3-4-17(21)18(22)7-13/h3-7,9,11H,8,10H2,1-2H3,(H,23,25).